The number of aromatic nitrogens is 1. The Bertz CT molecular complexity index is 1350. The number of hydrogen-bond donors (Lipinski definition) is 2. The molecule has 0 bridgehead atoms. The number of aliphatic hydroxyl groups is 1. The van der Waals surface area contributed by atoms with Gasteiger partial charge in [0.25, 0.3) is 0 Å². The minimum absolute atomic E-state index is 0.0169. The van der Waals surface area contributed by atoms with Gasteiger partial charge in [-0.05, 0) is 42.3 Å². The van der Waals surface area contributed by atoms with Gasteiger partial charge in [0.15, 0.2) is 6.29 Å². The number of likely N-dealkylation sites (N-methyl/N-ethyl adjacent to an activating group) is 1. The van der Waals surface area contributed by atoms with Crippen molar-refractivity contribution in [1.82, 2.24) is 15.2 Å². The molecule has 7 nitrogen and oxygen atoms in total. The summed E-state index contributed by atoms with van der Waals surface area (Å²) in [5, 5.41) is 12.7. The lowest BCUT2D eigenvalue weighted by Gasteiger charge is -2.42. The minimum Gasteiger partial charge on any atom is -0.392 e. The smallest absolute Gasteiger partial charge is 0.220 e. The Balaban J connectivity index is 1.21. The number of amides is 1. The van der Waals surface area contributed by atoms with Crippen molar-refractivity contribution in [2.75, 3.05) is 20.1 Å². The van der Waals surface area contributed by atoms with Crippen molar-refractivity contribution in [3.05, 3.63) is 101 Å². The summed E-state index contributed by atoms with van der Waals surface area (Å²) in [5.41, 5.74) is 5.07. The molecule has 1 aliphatic rings. The van der Waals surface area contributed by atoms with Gasteiger partial charge >= 0.3 is 0 Å². The Morgan fingerprint density at radius 3 is 2.00 bits per heavy atom. The first-order chi connectivity index (χ1) is 25.0. The van der Waals surface area contributed by atoms with E-state index in [0.717, 1.165) is 60.3 Å². The highest BCUT2D eigenvalue weighted by atomic mass is 16.7. The molecule has 51 heavy (non-hydrogen) atoms. The molecule has 1 aromatic heterocycles. The number of aliphatic hydroxyl groups excluding tert-OH is 1. The lowest BCUT2D eigenvalue weighted by Crippen LogP contribution is -2.43. The van der Waals surface area contributed by atoms with Gasteiger partial charge in [0.1, 0.15) is 0 Å². The van der Waals surface area contributed by atoms with E-state index in [9.17, 15) is 9.90 Å². The van der Waals surface area contributed by atoms with E-state index in [2.05, 4.69) is 78.6 Å². The SMILES string of the molecule is CCCCCCCCCCCCCCCC(=O)NCc1ccc(C2OC(CN(C)CCc3ccccn3)C(C)C(c3ccc(CO)cc3)O2)cc1. The second kappa shape index (κ2) is 23.5. The Kier molecular flexibility index (Phi) is 18.7. The van der Waals surface area contributed by atoms with Crippen molar-refractivity contribution >= 4 is 5.91 Å². The first kappa shape index (κ1) is 40.7. The zero-order valence-corrected chi connectivity index (χ0v) is 31.7. The van der Waals surface area contributed by atoms with E-state index in [1.807, 2.05) is 30.5 Å². The second-order valence-electron chi connectivity index (χ2n) is 14.7. The van der Waals surface area contributed by atoms with Gasteiger partial charge in [0.2, 0.25) is 5.91 Å². The Morgan fingerprint density at radius 2 is 1.39 bits per heavy atom. The van der Waals surface area contributed by atoms with Crippen LogP contribution in [0, 0.1) is 5.92 Å². The highest BCUT2D eigenvalue weighted by Crippen LogP contribution is 2.41. The van der Waals surface area contributed by atoms with E-state index in [4.69, 9.17) is 9.47 Å². The van der Waals surface area contributed by atoms with Crippen LogP contribution in [0.15, 0.2) is 72.9 Å². The van der Waals surface area contributed by atoms with E-state index in [1.54, 1.807) is 0 Å². The molecule has 4 unspecified atom stereocenters. The average molecular weight is 700 g/mol. The average Bonchev–Trinajstić information content (AvgIpc) is 3.16. The third-order valence-corrected chi connectivity index (χ3v) is 10.3. The minimum atomic E-state index is -0.517. The molecule has 0 saturated carbocycles. The Labute approximate surface area is 308 Å². The molecule has 0 spiro atoms. The Hall–Kier alpha value is -3.10. The van der Waals surface area contributed by atoms with Crippen LogP contribution in [0.25, 0.3) is 0 Å². The van der Waals surface area contributed by atoms with Crippen molar-refractivity contribution in [3.63, 3.8) is 0 Å². The third-order valence-electron chi connectivity index (χ3n) is 10.3. The summed E-state index contributed by atoms with van der Waals surface area (Å²) < 4.78 is 13.3. The molecule has 2 heterocycles. The van der Waals surface area contributed by atoms with Crippen molar-refractivity contribution in [2.45, 2.75) is 142 Å². The summed E-state index contributed by atoms with van der Waals surface area (Å²) >= 11 is 0. The molecule has 1 saturated heterocycles. The van der Waals surface area contributed by atoms with E-state index in [1.165, 1.54) is 70.6 Å². The highest BCUT2D eigenvalue weighted by molar-refractivity contribution is 5.75. The Morgan fingerprint density at radius 1 is 0.784 bits per heavy atom. The van der Waals surface area contributed by atoms with Gasteiger partial charge in [-0.15, -0.1) is 0 Å². The van der Waals surface area contributed by atoms with E-state index in [0.29, 0.717) is 13.0 Å². The van der Waals surface area contributed by atoms with Crippen LogP contribution in [0.2, 0.25) is 0 Å². The molecule has 7 heteroatoms. The van der Waals surface area contributed by atoms with Crippen LogP contribution in [0.1, 0.15) is 144 Å². The summed E-state index contributed by atoms with van der Waals surface area (Å²) in [6.45, 7) is 6.65. The maximum absolute atomic E-state index is 12.6. The maximum atomic E-state index is 12.6. The molecule has 280 valence electrons. The monoisotopic (exact) mass is 699 g/mol. The number of pyridine rings is 1. The highest BCUT2D eigenvalue weighted by Gasteiger charge is 2.38. The normalized spacial score (nSPS) is 19.0. The molecular weight excluding hydrogens is 635 g/mol. The van der Waals surface area contributed by atoms with Crippen LogP contribution < -0.4 is 5.32 Å². The molecule has 1 amide bonds. The van der Waals surface area contributed by atoms with Crippen molar-refractivity contribution in [1.29, 1.82) is 0 Å². The van der Waals surface area contributed by atoms with Gasteiger partial charge in [-0.1, -0.05) is 145 Å². The first-order valence-corrected chi connectivity index (χ1v) is 19.9. The standard InChI is InChI=1S/C44H65N3O4/c1-4-5-6-7-8-9-10-11-12-13-14-15-16-20-42(49)46-32-36-21-27-39(28-22-36)44-50-41(33-47(3)31-29-40-19-17-18-30-45-40)35(2)43(51-44)38-25-23-37(34-48)24-26-38/h17-19,21-28,30,35,41,43-44,48H,4-16,20,29,31-34H2,1-3H3,(H,46,49). The maximum Gasteiger partial charge on any atom is 0.220 e. The predicted molar refractivity (Wildman–Crippen MR) is 207 cm³/mol. The van der Waals surface area contributed by atoms with Crippen LogP contribution in [0.4, 0.5) is 0 Å². The number of ether oxygens (including phenoxy) is 2. The van der Waals surface area contributed by atoms with E-state index in [-0.39, 0.29) is 30.6 Å². The molecule has 4 atom stereocenters. The quantitative estimate of drug-likeness (QED) is 0.0907. The summed E-state index contributed by atoms with van der Waals surface area (Å²) in [6, 6.07) is 22.3. The molecule has 1 aliphatic heterocycles. The van der Waals surface area contributed by atoms with Gasteiger partial charge in [-0.2, -0.15) is 0 Å². The topological polar surface area (TPSA) is 83.9 Å². The zero-order valence-electron chi connectivity index (χ0n) is 31.7. The number of rotatable bonds is 24. The molecule has 2 N–H and O–H groups in total. The predicted octanol–water partition coefficient (Wildman–Crippen LogP) is 9.64. The molecule has 0 aliphatic carbocycles. The van der Waals surface area contributed by atoms with Crippen LogP contribution in [0.3, 0.4) is 0 Å². The number of carbonyl (C=O) groups is 1. The van der Waals surface area contributed by atoms with Gasteiger partial charge in [-0.3, -0.25) is 9.78 Å². The fraction of sp³-hybridized carbons (Fsp3) is 0.591. The number of unbranched alkanes of at least 4 members (excludes halogenated alkanes) is 12. The fourth-order valence-electron chi connectivity index (χ4n) is 6.96. The lowest BCUT2D eigenvalue weighted by atomic mass is 9.90. The van der Waals surface area contributed by atoms with Gasteiger partial charge in [0.05, 0.1) is 18.8 Å². The van der Waals surface area contributed by atoms with Gasteiger partial charge in [0, 0.05) is 55.8 Å². The second-order valence-corrected chi connectivity index (χ2v) is 14.7. The third kappa shape index (κ3) is 14.8. The van der Waals surface area contributed by atoms with Gasteiger partial charge < -0.3 is 24.8 Å². The largest absolute Gasteiger partial charge is 0.392 e. The number of nitrogens with zero attached hydrogens (tertiary/aromatic N) is 2. The van der Waals surface area contributed by atoms with Crippen molar-refractivity contribution < 1.29 is 19.4 Å². The number of carbonyl (C=O) groups excluding carboxylic acids is 1. The van der Waals surface area contributed by atoms with Crippen LogP contribution >= 0.6 is 0 Å². The number of benzene rings is 2. The number of hydrogen-bond acceptors (Lipinski definition) is 6. The summed E-state index contributed by atoms with van der Waals surface area (Å²) in [6.07, 6.45) is 19.6. The summed E-state index contributed by atoms with van der Waals surface area (Å²) in [5.74, 6) is 0.239. The molecule has 1 fully saturated rings. The van der Waals surface area contributed by atoms with Crippen molar-refractivity contribution in [2.24, 2.45) is 5.92 Å². The summed E-state index contributed by atoms with van der Waals surface area (Å²) in [7, 11) is 2.14. The molecule has 4 rings (SSSR count). The summed E-state index contributed by atoms with van der Waals surface area (Å²) in [4.78, 5) is 19.3. The van der Waals surface area contributed by atoms with Crippen LogP contribution in [-0.2, 0) is 33.8 Å². The van der Waals surface area contributed by atoms with E-state index >= 15 is 0 Å². The van der Waals surface area contributed by atoms with Crippen LogP contribution in [-0.4, -0.2) is 47.1 Å². The number of nitrogens with one attached hydrogen (secondary N) is 1. The lowest BCUT2D eigenvalue weighted by molar-refractivity contribution is -0.275. The van der Waals surface area contributed by atoms with E-state index < -0.39 is 6.29 Å². The van der Waals surface area contributed by atoms with Crippen molar-refractivity contribution in [3.8, 4) is 0 Å². The molecular formula is C44H65N3O4. The van der Waals surface area contributed by atoms with Gasteiger partial charge in [-0.25, -0.2) is 0 Å². The molecule has 2 aromatic carbocycles. The van der Waals surface area contributed by atoms with Crippen LogP contribution in [0.5, 0.6) is 0 Å². The zero-order chi connectivity index (χ0) is 36.1. The first-order valence-electron chi connectivity index (χ1n) is 19.9. The molecule has 3 aromatic rings. The molecule has 0 radical (unpaired) electrons. The fourth-order valence-corrected chi connectivity index (χ4v) is 6.96.